The third-order valence-electron chi connectivity index (χ3n) is 3.80. The van der Waals surface area contributed by atoms with E-state index in [9.17, 15) is 0 Å². The van der Waals surface area contributed by atoms with E-state index in [2.05, 4.69) is 39.4 Å². The molecule has 0 bridgehead atoms. The number of nitrogens with zero attached hydrogens (tertiary/aromatic N) is 2. The van der Waals surface area contributed by atoms with Crippen molar-refractivity contribution in [3.63, 3.8) is 0 Å². The number of benzene rings is 1. The second-order valence-electron chi connectivity index (χ2n) is 5.19. The molecule has 0 fully saturated rings. The summed E-state index contributed by atoms with van der Waals surface area (Å²) in [5.41, 5.74) is 3.57. The zero-order chi connectivity index (χ0) is 13.9. The molecule has 2 aromatic rings. The van der Waals surface area contributed by atoms with Crippen LogP contribution in [0.5, 0.6) is 5.75 Å². The number of hydrogen-bond donors (Lipinski definition) is 2. The van der Waals surface area contributed by atoms with E-state index < -0.39 is 0 Å². The lowest BCUT2D eigenvalue weighted by molar-refractivity contribution is 0.414. The molecule has 5 heteroatoms. The molecule has 2 heterocycles. The Bertz CT molecular complexity index is 581. The highest BCUT2D eigenvalue weighted by atomic mass is 16.5. The van der Waals surface area contributed by atoms with Gasteiger partial charge in [0.1, 0.15) is 5.75 Å². The number of methoxy groups -OCH3 is 1. The van der Waals surface area contributed by atoms with Crippen LogP contribution in [0.15, 0.2) is 30.6 Å². The summed E-state index contributed by atoms with van der Waals surface area (Å²) in [5, 5.41) is 3.55. The lowest BCUT2D eigenvalue weighted by Crippen LogP contribution is -2.43. The Morgan fingerprint density at radius 2 is 2.35 bits per heavy atom. The number of fused-ring (bicyclic) bond motifs is 1. The summed E-state index contributed by atoms with van der Waals surface area (Å²) in [6.45, 7) is 1.81. The summed E-state index contributed by atoms with van der Waals surface area (Å²) in [5.74, 6) is 0.889. The van der Waals surface area contributed by atoms with Gasteiger partial charge in [0.05, 0.1) is 24.8 Å². The zero-order valence-corrected chi connectivity index (χ0v) is 11.9. The van der Waals surface area contributed by atoms with E-state index in [1.54, 1.807) is 13.4 Å². The molecule has 0 amide bonds. The molecule has 1 unspecified atom stereocenters. The molecule has 0 spiro atoms. The highest BCUT2D eigenvalue weighted by Gasteiger charge is 2.21. The van der Waals surface area contributed by atoms with Crippen LogP contribution in [0.2, 0.25) is 0 Å². The van der Waals surface area contributed by atoms with Gasteiger partial charge in [-0.2, -0.15) is 0 Å². The van der Waals surface area contributed by atoms with E-state index in [1.165, 1.54) is 17.1 Å². The van der Waals surface area contributed by atoms with Gasteiger partial charge in [0.25, 0.3) is 0 Å². The quantitative estimate of drug-likeness (QED) is 0.887. The van der Waals surface area contributed by atoms with E-state index in [4.69, 9.17) is 4.74 Å². The predicted octanol–water partition coefficient (Wildman–Crippen LogP) is 1.57. The number of H-pyrrole nitrogens is 1. The SMILES string of the molecule is COc1cccc(N(C)CC2Cc3nc[nH]c3CN2)c1. The van der Waals surface area contributed by atoms with E-state index in [1.807, 2.05) is 12.1 Å². The summed E-state index contributed by atoms with van der Waals surface area (Å²) in [7, 11) is 3.80. The van der Waals surface area contributed by atoms with Gasteiger partial charge in [-0.05, 0) is 12.1 Å². The van der Waals surface area contributed by atoms with Crippen LogP contribution in [-0.2, 0) is 13.0 Å². The number of aromatic nitrogens is 2. The smallest absolute Gasteiger partial charge is 0.120 e. The van der Waals surface area contributed by atoms with E-state index >= 15 is 0 Å². The lowest BCUT2D eigenvalue weighted by atomic mass is 10.0. The second kappa shape index (κ2) is 5.54. The highest BCUT2D eigenvalue weighted by Crippen LogP contribution is 2.21. The van der Waals surface area contributed by atoms with Gasteiger partial charge in [-0.25, -0.2) is 4.98 Å². The van der Waals surface area contributed by atoms with Gasteiger partial charge in [-0.3, -0.25) is 0 Å². The van der Waals surface area contributed by atoms with E-state index in [0.717, 1.165) is 25.3 Å². The first-order chi connectivity index (χ1) is 9.76. The molecule has 0 radical (unpaired) electrons. The first-order valence-corrected chi connectivity index (χ1v) is 6.86. The minimum absolute atomic E-state index is 0.419. The fourth-order valence-electron chi connectivity index (χ4n) is 2.64. The third-order valence-corrected chi connectivity index (χ3v) is 3.80. The van der Waals surface area contributed by atoms with Crippen LogP contribution in [0, 0.1) is 0 Å². The van der Waals surface area contributed by atoms with E-state index in [-0.39, 0.29) is 0 Å². The van der Waals surface area contributed by atoms with Crippen LogP contribution >= 0.6 is 0 Å². The van der Waals surface area contributed by atoms with Crippen molar-refractivity contribution in [2.75, 3.05) is 25.6 Å². The lowest BCUT2D eigenvalue weighted by Gasteiger charge is -2.29. The maximum absolute atomic E-state index is 5.27. The molecule has 0 aliphatic carbocycles. The number of rotatable bonds is 4. The Kier molecular flexibility index (Phi) is 3.60. The second-order valence-corrected chi connectivity index (χ2v) is 5.19. The molecule has 106 valence electrons. The summed E-state index contributed by atoms with van der Waals surface area (Å²) in [6, 6.07) is 8.56. The Balaban J connectivity index is 1.66. The third kappa shape index (κ3) is 2.63. The molecule has 1 aliphatic rings. The van der Waals surface area contributed by atoms with Crippen molar-refractivity contribution in [1.29, 1.82) is 0 Å². The molecular formula is C15H20N4O. The van der Waals surface area contributed by atoms with Gasteiger partial charge in [-0.15, -0.1) is 0 Å². The molecule has 1 aromatic heterocycles. The van der Waals surface area contributed by atoms with Gasteiger partial charge < -0.3 is 19.9 Å². The first kappa shape index (κ1) is 13.0. The van der Waals surface area contributed by atoms with Crippen LogP contribution in [0.25, 0.3) is 0 Å². The molecule has 1 aliphatic heterocycles. The minimum Gasteiger partial charge on any atom is -0.497 e. The summed E-state index contributed by atoms with van der Waals surface area (Å²) >= 11 is 0. The van der Waals surface area contributed by atoms with Crippen LogP contribution in [-0.4, -0.2) is 36.7 Å². The fourth-order valence-corrected chi connectivity index (χ4v) is 2.64. The fraction of sp³-hybridized carbons (Fsp3) is 0.400. The largest absolute Gasteiger partial charge is 0.497 e. The van der Waals surface area contributed by atoms with Crippen molar-refractivity contribution >= 4 is 5.69 Å². The van der Waals surface area contributed by atoms with Gasteiger partial charge in [-0.1, -0.05) is 6.07 Å². The number of hydrogen-bond acceptors (Lipinski definition) is 4. The van der Waals surface area contributed by atoms with Crippen LogP contribution in [0.4, 0.5) is 5.69 Å². The average molecular weight is 272 g/mol. The monoisotopic (exact) mass is 272 g/mol. The van der Waals surface area contributed by atoms with Crippen molar-refractivity contribution in [1.82, 2.24) is 15.3 Å². The van der Waals surface area contributed by atoms with Crippen LogP contribution in [0.3, 0.4) is 0 Å². The maximum Gasteiger partial charge on any atom is 0.120 e. The predicted molar refractivity (Wildman–Crippen MR) is 79.2 cm³/mol. The maximum atomic E-state index is 5.27. The Morgan fingerprint density at radius 3 is 3.20 bits per heavy atom. The van der Waals surface area contributed by atoms with Gasteiger partial charge in [0.2, 0.25) is 0 Å². The number of nitrogens with one attached hydrogen (secondary N) is 2. The first-order valence-electron chi connectivity index (χ1n) is 6.86. The normalized spacial score (nSPS) is 17.6. The summed E-state index contributed by atoms with van der Waals surface area (Å²) in [6.07, 6.45) is 2.74. The Labute approximate surface area is 119 Å². The molecule has 1 atom stereocenters. The van der Waals surface area contributed by atoms with Crippen molar-refractivity contribution in [2.24, 2.45) is 0 Å². The molecule has 2 N–H and O–H groups in total. The Morgan fingerprint density at radius 1 is 1.45 bits per heavy atom. The summed E-state index contributed by atoms with van der Waals surface area (Å²) in [4.78, 5) is 9.80. The standard InChI is InChI=1S/C15H20N4O/c1-19(12-4-3-5-13(7-12)20-2)9-11-6-14-15(8-16-11)18-10-17-14/h3-5,7,10-11,16H,6,8-9H2,1-2H3,(H,17,18). The van der Waals surface area contributed by atoms with Crippen molar-refractivity contribution in [3.8, 4) is 5.75 Å². The van der Waals surface area contributed by atoms with Gasteiger partial charge >= 0.3 is 0 Å². The number of likely N-dealkylation sites (N-methyl/N-ethyl adjacent to an activating group) is 1. The molecule has 5 nitrogen and oxygen atoms in total. The van der Waals surface area contributed by atoms with Crippen LogP contribution < -0.4 is 15.0 Å². The number of aromatic amines is 1. The molecule has 0 saturated carbocycles. The van der Waals surface area contributed by atoms with Gasteiger partial charge in [0, 0.05) is 44.4 Å². The average Bonchev–Trinajstić information content (AvgIpc) is 2.95. The van der Waals surface area contributed by atoms with E-state index in [0.29, 0.717) is 6.04 Å². The van der Waals surface area contributed by atoms with Crippen LogP contribution in [0.1, 0.15) is 11.4 Å². The van der Waals surface area contributed by atoms with Crippen molar-refractivity contribution in [3.05, 3.63) is 42.0 Å². The molecule has 1 aromatic carbocycles. The topological polar surface area (TPSA) is 53.2 Å². The number of anilines is 1. The van der Waals surface area contributed by atoms with Gasteiger partial charge in [0.15, 0.2) is 0 Å². The minimum atomic E-state index is 0.419. The number of ether oxygens (including phenoxy) is 1. The molecular weight excluding hydrogens is 252 g/mol. The zero-order valence-electron chi connectivity index (χ0n) is 11.9. The summed E-state index contributed by atoms with van der Waals surface area (Å²) < 4.78 is 5.27. The molecule has 3 rings (SSSR count). The molecule has 20 heavy (non-hydrogen) atoms. The Hall–Kier alpha value is -2.01. The van der Waals surface area contributed by atoms with Crippen molar-refractivity contribution in [2.45, 2.75) is 19.0 Å². The van der Waals surface area contributed by atoms with Crippen molar-refractivity contribution < 1.29 is 4.74 Å². The highest BCUT2D eigenvalue weighted by molar-refractivity contribution is 5.50. The number of imidazole rings is 1. The molecule has 0 saturated heterocycles.